The highest BCUT2D eigenvalue weighted by Gasteiger charge is 2.57. The second-order valence-electron chi connectivity index (χ2n) is 9.84. The van der Waals surface area contributed by atoms with Crippen LogP contribution in [-0.2, 0) is 80.7 Å². The van der Waals surface area contributed by atoms with Crippen LogP contribution in [0.25, 0.3) is 0 Å². The molecule has 2 heterocycles. The molecule has 19 nitrogen and oxygen atoms in total. The van der Waals surface area contributed by atoms with E-state index in [0.717, 1.165) is 41.5 Å². The normalized spacial score (nSPS) is 30.5. The summed E-state index contributed by atoms with van der Waals surface area (Å²) in [6.45, 7) is 5.40. The first-order valence-electron chi connectivity index (χ1n) is 13.7. The molecule has 2 rings (SSSR count). The number of ether oxygens (including phenoxy) is 10. The van der Waals surface area contributed by atoms with Crippen molar-refractivity contribution in [2.45, 2.75) is 103 Å². The van der Waals surface area contributed by atoms with Gasteiger partial charge in [-0.2, -0.15) is 0 Å². The van der Waals surface area contributed by atoms with E-state index in [1.165, 1.54) is 7.05 Å². The van der Waals surface area contributed by atoms with Gasteiger partial charge in [0, 0.05) is 58.1 Å². The maximum absolute atomic E-state index is 12.4. The predicted octanol–water partition coefficient (Wildman–Crippen LogP) is -0.794. The number of rotatable bonds is 12. The molecule has 0 aromatic carbocycles. The van der Waals surface area contributed by atoms with Crippen LogP contribution in [0, 0.1) is 0 Å². The molecule has 0 spiro atoms. The monoisotopic (exact) mass is 683 g/mol. The van der Waals surface area contributed by atoms with E-state index in [2.05, 4.69) is 5.32 Å². The van der Waals surface area contributed by atoms with Crippen molar-refractivity contribution in [1.82, 2.24) is 5.32 Å². The van der Waals surface area contributed by atoms with Gasteiger partial charge in [-0.05, 0) is 0 Å². The fraction of sp³-hybridized carbons (Fsp3) is 0.731. The lowest BCUT2D eigenvalue weighted by molar-refractivity contribution is -0.358. The van der Waals surface area contributed by atoms with Crippen LogP contribution in [0.4, 0.5) is 4.79 Å². The van der Waals surface area contributed by atoms with Crippen LogP contribution in [0.1, 0.15) is 41.5 Å². The molecule has 11 atom stereocenters. The average molecular weight is 684 g/mol. The molecule has 0 radical (unpaired) electrons. The van der Waals surface area contributed by atoms with Gasteiger partial charge in [-0.3, -0.25) is 28.8 Å². The van der Waals surface area contributed by atoms with E-state index in [9.17, 15) is 33.6 Å². The Kier molecular flexibility index (Phi) is 15.0. The SMILES string of the molecule is CNC(=O)O[C@@H]1[C@H](OC(C)=O)[C@@H](O[C@@H]2[C@@H](OP)O[C@@H](COC(C)=O)[C@@H](OC(C)=O)[C@@H]2OC(C)=O)O[C@H](COC(C)=O)[C@H]1OC(C)=O. The average Bonchev–Trinajstić information content (AvgIpc) is 2.94. The summed E-state index contributed by atoms with van der Waals surface area (Å²) in [5.41, 5.74) is 0. The molecule has 2 saturated heterocycles. The number of hydrogen-bond donors (Lipinski definition) is 1. The number of nitrogens with one attached hydrogen (secondary N) is 1. The summed E-state index contributed by atoms with van der Waals surface area (Å²) in [5.74, 6) is -4.91. The minimum Gasteiger partial charge on any atom is -0.463 e. The Labute approximate surface area is 265 Å². The van der Waals surface area contributed by atoms with Gasteiger partial charge in [-0.15, -0.1) is 0 Å². The van der Waals surface area contributed by atoms with Crippen molar-refractivity contribution < 1.29 is 85.5 Å². The number of esters is 6. The first-order chi connectivity index (χ1) is 21.6. The van der Waals surface area contributed by atoms with Crippen LogP contribution in [0.3, 0.4) is 0 Å². The molecule has 0 aromatic heterocycles. The molecule has 0 bridgehead atoms. The van der Waals surface area contributed by atoms with E-state index in [4.69, 9.17) is 51.9 Å². The number of hydrogen-bond acceptors (Lipinski definition) is 18. The fourth-order valence-corrected chi connectivity index (χ4v) is 4.79. The van der Waals surface area contributed by atoms with Crippen molar-refractivity contribution in [2.24, 2.45) is 0 Å². The third-order valence-corrected chi connectivity index (χ3v) is 6.43. The standard InChI is InChI=1S/C26H38NO18P/c1-10(28)35-8-16-19(38-13(4)31)21(44-26(34)27-7)22(40-15(6)33)24(41-16)43-23-20(39-14(5)32)18(37-12(3)30)17(9-36-11(2)29)42-25(23)45-46/h16-25H,8-9,46H2,1-7H3,(H,27,34)/t16-,17+,18-,19-,20+,21+,22+,23+,24-,25-/m1/s1. The number of carbonyl (C=O) groups is 7. The maximum atomic E-state index is 12.4. The third kappa shape index (κ3) is 11.3. The lowest BCUT2D eigenvalue weighted by Gasteiger charge is -2.48. The molecule has 20 heteroatoms. The van der Waals surface area contributed by atoms with Gasteiger partial charge in [0.25, 0.3) is 0 Å². The second kappa shape index (κ2) is 17.9. The molecule has 0 saturated carbocycles. The second-order valence-corrected chi connectivity index (χ2v) is 10.1. The van der Waals surface area contributed by atoms with E-state index in [1.54, 1.807) is 0 Å². The zero-order chi connectivity index (χ0) is 34.7. The Morgan fingerprint density at radius 3 is 1.33 bits per heavy atom. The van der Waals surface area contributed by atoms with Crippen LogP contribution >= 0.6 is 9.47 Å². The molecular formula is C26H38NO18P. The Hall–Kier alpha value is -3.64. The third-order valence-electron chi connectivity index (χ3n) is 6.16. The van der Waals surface area contributed by atoms with Crippen LogP contribution in [0.5, 0.6) is 0 Å². The van der Waals surface area contributed by atoms with E-state index in [1.807, 2.05) is 9.47 Å². The minimum absolute atomic E-state index is 0.463. The summed E-state index contributed by atoms with van der Waals surface area (Å²) in [6, 6.07) is 0. The molecule has 1 amide bonds. The van der Waals surface area contributed by atoms with Gasteiger partial charge in [-0.25, -0.2) is 4.79 Å². The lowest BCUT2D eigenvalue weighted by atomic mass is 9.96. The Morgan fingerprint density at radius 2 is 0.935 bits per heavy atom. The first kappa shape index (κ1) is 38.5. The van der Waals surface area contributed by atoms with Crippen molar-refractivity contribution in [2.75, 3.05) is 20.3 Å². The van der Waals surface area contributed by atoms with E-state index in [0.29, 0.717) is 0 Å². The maximum Gasteiger partial charge on any atom is 0.407 e. The van der Waals surface area contributed by atoms with Crippen molar-refractivity contribution in [1.29, 1.82) is 0 Å². The van der Waals surface area contributed by atoms with Crippen molar-refractivity contribution in [3.8, 4) is 0 Å². The van der Waals surface area contributed by atoms with E-state index < -0.39 is 117 Å². The molecule has 260 valence electrons. The molecule has 2 fully saturated rings. The number of alkyl carbamates (subject to hydrolysis) is 1. The van der Waals surface area contributed by atoms with Gasteiger partial charge >= 0.3 is 41.9 Å². The van der Waals surface area contributed by atoms with Crippen LogP contribution < -0.4 is 5.32 Å². The molecule has 2 aliphatic heterocycles. The van der Waals surface area contributed by atoms with Crippen LogP contribution in [0.15, 0.2) is 0 Å². The summed E-state index contributed by atoms with van der Waals surface area (Å²) in [5, 5.41) is 2.22. The predicted molar refractivity (Wildman–Crippen MR) is 148 cm³/mol. The Morgan fingerprint density at radius 1 is 0.543 bits per heavy atom. The van der Waals surface area contributed by atoms with E-state index in [-0.39, 0.29) is 0 Å². The first-order valence-corrected chi connectivity index (χ1v) is 14.2. The van der Waals surface area contributed by atoms with E-state index >= 15 is 0 Å². The fourth-order valence-electron chi connectivity index (χ4n) is 4.57. The summed E-state index contributed by atoms with van der Waals surface area (Å²) in [4.78, 5) is 84.3. The zero-order valence-corrected chi connectivity index (χ0v) is 27.3. The Balaban J connectivity index is 2.66. The van der Waals surface area contributed by atoms with Gasteiger partial charge in [-0.1, -0.05) is 0 Å². The van der Waals surface area contributed by atoms with Gasteiger partial charge in [0.2, 0.25) is 0 Å². The summed E-state index contributed by atoms with van der Waals surface area (Å²) < 4.78 is 60.5. The Bertz CT molecular complexity index is 1130. The van der Waals surface area contributed by atoms with Gasteiger partial charge in [0.1, 0.15) is 25.4 Å². The highest BCUT2D eigenvalue weighted by molar-refractivity contribution is 7.09. The quantitative estimate of drug-likeness (QED) is 0.151. The molecule has 0 aliphatic carbocycles. The summed E-state index contributed by atoms with van der Waals surface area (Å²) >= 11 is 0. The highest BCUT2D eigenvalue weighted by Crippen LogP contribution is 2.36. The largest absolute Gasteiger partial charge is 0.463 e. The molecular weight excluding hydrogens is 645 g/mol. The molecule has 46 heavy (non-hydrogen) atoms. The minimum atomic E-state index is -1.77. The van der Waals surface area contributed by atoms with Gasteiger partial charge < -0.3 is 57.2 Å². The zero-order valence-electron chi connectivity index (χ0n) is 26.1. The molecule has 1 unspecified atom stereocenters. The summed E-state index contributed by atoms with van der Waals surface area (Å²) in [6.07, 6.45) is -16.4. The smallest absolute Gasteiger partial charge is 0.407 e. The number of amides is 1. The van der Waals surface area contributed by atoms with Gasteiger partial charge in [0.15, 0.2) is 49.2 Å². The topological polar surface area (TPSA) is 233 Å². The lowest BCUT2D eigenvalue weighted by Crippen LogP contribution is -2.67. The molecule has 1 N–H and O–H groups in total. The summed E-state index contributed by atoms with van der Waals surface area (Å²) in [7, 11) is 3.15. The van der Waals surface area contributed by atoms with Crippen molar-refractivity contribution >= 4 is 51.4 Å². The van der Waals surface area contributed by atoms with Crippen molar-refractivity contribution in [3.05, 3.63) is 0 Å². The van der Waals surface area contributed by atoms with Crippen LogP contribution in [-0.4, -0.2) is 124 Å². The molecule has 0 aromatic rings. The molecule has 2 aliphatic rings. The van der Waals surface area contributed by atoms with Crippen molar-refractivity contribution in [3.63, 3.8) is 0 Å². The van der Waals surface area contributed by atoms with Crippen LogP contribution in [0.2, 0.25) is 0 Å². The highest BCUT2D eigenvalue weighted by atomic mass is 31.0. The van der Waals surface area contributed by atoms with Gasteiger partial charge in [0.05, 0.1) is 0 Å². The number of carbonyl (C=O) groups excluding carboxylic acids is 7.